The third-order valence-corrected chi connectivity index (χ3v) is 5.15. The molecule has 102 valence electrons. The smallest absolute Gasteiger partial charge is 0.134 e. The minimum Gasteiger partial charge on any atom is -0.369 e. The Labute approximate surface area is 119 Å². The van der Waals surface area contributed by atoms with Crippen LogP contribution in [0, 0.1) is 0 Å². The molecule has 0 aliphatic carbocycles. The van der Waals surface area contributed by atoms with Crippen molar-refractivity contribution in [1.82, 2.24) is 9.97 Å². The average Bonchev–Trinajstić information content (AvgIpc) is 2.40. The fourth-order valence-corrected chi connectivity index (χ4v) is 2.82. The van der Waals surface area contributed by atoms with Gasteiger partial charge in [-0.1, -0.05) is 32.4 Å². The third kappa shape index (κ3) is 4.02. The Balaban J connectivity index is 2.76. The van der Waals surface area contributed by atoms with E-state index in [0.717, 1.165) is 37.4 Å². The maximum Gasteiger partial charge on any atom is 0.134 e. The number of hydrogen-bond donors (Lipinski definition) is 1. The van der Waals surface area contributed by atoms with E-state index in [1.54, 1.807) is 6.07 Å². The van der Waals surface area contributed by atoms with Crippen molar-refractivity contribution < 1.29 is 0 Å². The Morgan fingerprint density at radius 1 is 1.28 bits per heavy atom. The van der Waals surface area contributed by atoms with Gasteiger partial charge in [0.2, 0.25) is 0 Å². The van der Waals surface area contributed by atoms with Crippen LogP contribution < -0.4 is 5.32 Å². The standard InChI is InChI=1S/C13H22ClN3S/c1-5-11-16-10(14)8-12(17-11)15-9-13(6-2,7-3)18-4/h8H,5-7,9H2,1-4H3,(H,15,16,17). The summed E-state index contributed by atoms with van der Waals surface area (Å²) in [5.41, 5.74) is 0. The van der Waals surface area contributed by atoms with Crippen molar-refractivity contribution in [2.45, 2.75) is 44.8 Å². The molecule has 3 nitrogen and oxygen atoms in total. The van der Waals surface area contributed by atoms with Crippen LogP contribution in [0.15, 0.2) is 6.07 Å². The summed E-state index contributed by atoms with van der Waals surface area (Å²) in [6.07, 6.45) is 5.23. The molecule has 1 rings (SSSR count). The van der Waals surface area contributed by atoms with Crippen LogP contribution in [0.3, 0.4) is 0 Å². The van der Waals surface area contributed by atoms with Crippen LogP contribution >= 0.6 is 23.4 Å². The molecular formula is C13H22ClN3S. The van der Waals surface area contributed by atoms with Crippen LogP contribution in [-0.4, -0.2) is 27.5 Å². The van der Waals surface area contributed by atoms with Gasteiger partial charge in [-0.15, -0.1) is 0 Å². The normalized spacial score (nSPS) is 11.6. The summed E-state index contributed by atoms with van der Waals surface area (Å²) in [6, 6.07) is 1.79. The predicted molar refractivity (Wildman–Crippen MR) is 81.7 cm³/mol. The molecule has 0 saturated carbocycles. The van der Waals surface area contributed by atoms with Crippen LogP contribution in [-0.2, 0) is 6.42 Å². The highest BCUT2D eigenvalue weighted by Gasteiger charge is 2.24. The highest BCUT2D eigenvalue weighted by atomic mass is 35.5. The molecule has 1 aromatic rings. The molecule has 1 heterocycles. The number of rotatable bonds is 7. The molecule has 0 amide bonds. The molecule has 1 N–H and O–H groups in total. The molecule has 0 spiro atoms. The molecular weight excluding hydrogens is 266 g/mol. The zero-order chi connectivity index (χ0) is 13.6. The molecule has 18 heavy (non-hydrogen) atoms. The molecule has 1 aromatic heterocycles. The van der Waals surface area contributed by atoms with Crippen LogP contribution in [0.25, 0.3) is 0 Å². The van der Waals surface area contributed by atoms with Crippen LogP contribution in [0.4, 0.5) is 5.82 Å². The Morgan fingerprint density at radius 2 is 1.94 bits per heavy atom. The Kier molecular flexibility index (Phi) is 6.22. The van der Waals surface area contributed by atoms with Gasteiger partial charge < -0.3 is 5.32 Å². The lowest BCUT2D eigenvalue weighted by molar-refractivity contribution is 0.573. The van der Waals surface area contributed by atoms with E-state index in [2.05, 4.69) is 35.4 Å². The van der Waals surface area contributed by atoms with Crippen molar-refractivity contribution in [1.29, 1.82) is 0 Å². The lowest BCUT2D eigenvalue weighted by Gasteiger charge is -2.30. The van der Waals surface area contributed by atoms with Gasteiger partial charge in [-0.05, 0) is 19.1 Å². The van der Waals surface area contributed by atoms with Gasteiger partial charge in [-0.2, -0.15) is 11.8 Å². The number of thioether (sulfide) groups is 1. The number of aryl methyl sites for hydroxylation is 1. The van der Waals surface area contributed by atoms with Crippen LogP contribution in [0.1, 0.15) is 39.4 Å². The molecule has 0 aliphatic heterocycles. The molecule has 0 saturated heterocycles. The summed E-state index contributed by atoms with van der Waals surface area (Å²) in [5, 5.41) is 3.90. The maximum absolute atomic E-state index is 5.98. The van der Waals surface area contributed by atoms with Crippen molar-refractivity contribution in [2.75, 3.05) is 18.1 Å². The fraction of sp³-hybridized carbons (Fsp3) is 0.692. The number of anilines is 1. The zero-order valence-corrected chi connectivity index (χ0v) is 13.2. The third-order valence-electron chi connectivity index (χ3n) is 3.37. The SMILES string of the molecule is CCc1nc(Cl)cc(NCC(CC)(CC)SC)n1. The second kappa shape index (κ2) is 7.19. The summed E-state index contributed by atoms with van der Waals surface area (Å²) < 4.78 is 0.268. The molecule has 0 aromatic carbocycles. The van der Waals surface area contributed by atoms with Gasteiger partial charge >= 0.3 is 0 Å². The average molecular weight is 288 g/mol. The molecule has 0 aliphatic rings. The van der Waals surface area contributed by atoms with Gasteiger partial charge in [0.1, 0.15) is 16.8 Å². The van der Waals surface area contributed by atoms with E-state index in [4.69, 9.17) is 11.6 Å². The first-order chi connectivity index (χ1) is 8.59. The largest absolute Gasteiger partial charge is 0.369 e. The molecule has 0 bridgehead atoms. The number of nitrogens with one attached hydrogen (secondary N) is 1. The quantitative estimate of drug-likeness (QED) is 0.769. The van der Waals surface area contributed by atoms with Gasteiger partial charge in [0.05, 0.1) is 0 Å². The second-order valence-corrected chi connectivity index (χ2v) is 5.96. The number of hydrogen-bond acceptors (Lipinski definition) is 4. The monoisotopic (exact) mass is 287 g/mol. The van der Waals surface area contributed by atoms with Crippen molar-refractivity contribution in [3.8, 4) is 0 Å². The summed E-state index contributed by atoms with van der Waals surface area (Å²) in [7, 11) is 0. The van der Waals surface area contributed by atoms with Gasteiger partial charge in [0.25, 0.3) is 0 Å². The van der Waals surface area contributed by atoms with Gasteiger partial charge in [0.15, 0.2) is 0 Å². The summed E-state index contributed by atoms with van der Waals surface area (Å²) in [6.45, 7) is 7.38. The van der Waals surface area contributed by atoms with E-state index in [9.17, 15) is 0 Å². The zero-order valence-electron chi connectivity index (χ0n) is 11.6. The van der Waals surface area contributed by atoms with E-state index in [-0.39, 0.29) is 4.75 Å². The Morgan fingerprint density at radius 3 is 2.44 bits per heavy atom. The Bertz CT molecular complexity index is 372. The Hall–Kier alpha value is -0.480. The van der Waals surface area contributed by atoms with Crippen molar-refractivity contribution in [3.63, 3.8) is 0 Å². The second-order valence-electron chi connectivity index (χ2n) is 4.29. The minimum atomic E-state index is 0.268. The van der Waals surface area contributed by atoms with Crippen molar-refractivity contribution in [2.24, 2.45) is 0 Å². The lowest BCUT2D eigenvalue weighted by Crippen LogP contribution is -2.32. The molecule has 5 heteroatoms. The van der Waals surface area contributed by atoms with Crippen molar-refractivity contribution in [3.05, 3.63) is 17.0 Å². The molecule has 0 fully saturated rings. The van der Waals surface area contributed by atoms with E-state index < -0.39 is 0 Å². The first-order valence-electron chi connectivity index (χ1n) is 6.41. The number of halogens is 1. The summed E-state index contributed by atoms with van der Waals surface area (Å²) >= 11 is 7.90. The number of nitrogens with zero attached hydrogens (tertiary/aromatic N) is 2. The molecule has 0 radical (unpaired) electrons. The fourth-order valence-electron chi connectivity index (χ4n) is 1.83. The highest BCUT2D eigenvalue weighted by Crippen LogP contribution is 2.30. The maximum atomic E-state index is 5.98. The topological polar surface area (TPSA) is 37.8 Å². The first kappa shape index (κ1) is 15.6. The van der Waals surface area contributed by atoms with Gasteiger partial charge in [-0.25, -0.2) is 9.97 Å². The first-order valence-corrected chi connectivity index (χ1v) is 8.01. The summed E-state index contributed by atoms with van der Waals surface area (Å²) in [5.74, 6) is 1.61. The van der Waals surface area contributed by atoms with E-state index in [0.29, 0.717) is 5.15 Å². The summed E-state index contributed by atoms with van der Waals surface area (Å²) in [4.78, 5) is 8.61. The molecule has 0 atom stereocenters. The minimum absolute atomic E-state index is 0.268. The van der Waals surface area contributed by atoms with E-state index in [1.165, 1.54) is 0 Å². The van der Waals surface area contributed by atoms with Gasteiger partial charge in [-0.3, -0.25) is 0 Å². The highest BCUT2D eigenvalue weighted by molar-refractivity contribution is 8.00. The predicted octanol–water partition coefficient (Wildman–Crippen LogP) is 4.03. The van der Waals surface area contributed by atoms with E-state index in [1.807, 2.05) is 18.7 Å². The van der Waals surface area contributed by atoms with E-state index >= 15 is 0 Å². The van der Waals surface area contributed by atoms with Crippen LogP contribution in [0.2, 0.25) is 5.15 Å². The van der Waals surface area contributed by atoms with Gasteiger partial charge in [0, 0.05) is 23.8 Å². The van der Waals surface area contributed by atoms with Crippen molar-refractivity contribution >= 4 is 29.2 Å². The number of aromatic nitrogens is 2. The van der Waals surface area contributed by atoms with Crippen LogP contribution in [0.5, 0.6) is 0 Å². The molecule has 0 unspecified atom stereocenters. The lowest BCUT2D eigenvalue weighted by atomic mass is 10.0.